The Bertz CT molecular complexity index is 782. The van der Waals surface area contributed by atoms with Gasteiger partial charge >= 0.3 is 4.87 Å². The van der Waals surface area contributed by atoms with Crippen LogP contribution in [0.3, 0.4) is 0 Å². The molecule has 0 aromatic carbocycles. The first-order chi connectivity index (χ1) is 8.24. The lowest BCUT2D eigenvalue weighted by molar-refractivity contribution is 0.652. The fourth-order valence-corrected chi connectivity index (χ4v) is 2.68. The van der Waals surface area contributed by atoms with Crippen molar-refractivity contribution < 1.29 is 0 Å². The van der Waals surface area contributed by atoms with Gasteiger partial charge in [-0.1, -0.05) is 11.3 Å². The molecule has 0 aliphatic carbocycles. The Balaban J connectivity index is 2.09. The fraction of sp³-hybridized carbons (Fsp3) is 0.111. The number of aromatic nitrogens is 4. The first-order valence-corrected chi connectivity index (χ1v) is 6.46. The van der Waals surface area contributed by atoms with E-state index in [-0.39, 0.29) is 17.0 Å². The Kier molecular flexibility index (Phi) is 2.37. The van der Waals surface area contributed by atoms with Gasteiger partial charge < -0.3 is 0 Å². The molecular weight excluding hydrogens is 260 g/mol. The second-order valence-electron chi connectivity index (χ2n) is 3.30. The van der Waals surface area contributed by atoms with Crippen LogP contribution in [0, 0.1) is 0 Å². The quantitative estimate of drug-likeness (QED) is 0.674. The van der Waals surface area contributed by atoms with Crippen LogP contribution in [-0.2, 0) is 6.54 Å². The summed E-state index contributed by atoms with van der Waals surface area (Å²) in [4.78, 5) is 27.8. The van der Waals surface area contributed by atoms with Crippen molar-refractivity contribution >= 4 is 27.6 Å². The lowest BCUT2D eigenvalue weighted by atomic mass is 10.4. The van der Waals surface area contributed by atoms with E-state index in [0.29, 0.717) is 10.7 Å². The van der Waals surface area contributed by atoms with E-state index in [1.54, 1.807) is 11.6 Å². The van der Waals surface area contributed by atoms with Crippen molar-refractivity contribution in [2.45, 2.75) is 6.54 Å². The van der Waals surface area contributed by atoms with E-state index in [4.69, 9.17) is 0 Å². The van der Waals surface area contributed by atoms with Crippen LogP contribution in [0.15, 0.2) is 32.7 Å². The van der Waals surface area contributed by atoms with Crippen molar-refractivity contribution in [1.29, 1.82) is 0 Å². The third kappa shape index (κ3) is 1.81. The van der Waals surface area contributed by atoms with Crippen molar-refractivity contribution in [2.24, 2.45) is 0 Å². The Morgan fingerprint density at radius 2 is 2.18 bits per heavy atom. The SMILES string of the molecule is O=c1scnn1Cc1cc(=O)n2ccsc2n1. The van der Waals surface area contributed by atoms with Crippen LogP contribution in [0.5, 0.6) is 0 Å². The molecule has 0 bridgehead atoms. The lowest BCUT2D eigenvalue weighted by Gasteiger charge is -1.99. The van der Waals surface area contributed by atoms with E-state index in [1.165, 1.54) is 32.0 Å². The minimum atomic E-state index is -0.154. The highest BCUT2D eigenvalue weighted by Gasteiger charge is 2.06. The van der Waals surface area contributed by atoms with Crippen LogP contribution >= 0.6 is 22.7 Å². The van der Waals surface area contributed by atoms with Gasteiger partial charge in [0.05, 0.1) is 12.2 Å². The van der Waals surface area contributed by atoms with E-state index in [9.17, 15) is 9.59 Å². The van der Waals surface area contributed by atoms with Crippen LogP contribution in [0.1, 0.15) is 5.69 Å². The summed E-state index contributed by atoms with van der Waals surface area (Å²) >= 11 is 2.40. The molecule has 0 aliphatic heterocycles. The van der Waals surface area contributed by atoms with Crippen molar-refractivity contribution in [2.75, 3.05) is 0 Å². The summed E-state index contributed by atoms with van der Waals surface area (Å²) in [6, 6.07) is 1.42. The molecule has 3 aromatic heterocycles. The van der Waals surface area contributed by atoms with E-state index in [1.807, 2.05) is 0 Å². The summed E-state index contributed by atoms with van der Waals surface area (Å²) < 4.78 is 2.76. The molecule has 3 heterocycles. The second kappa shape index (κ2) is 3.90. The highest BCUT2D eigenvalue weighted by Crippen LogP contribution is 2.06. The minimum Gasteiger partial charge on any atom is -0.269 e. The average Bonchev–Trinajstić information content (AvgIpc) is 2.89. The van der Waals surface area contributed by atoms with Crippen LogP contribution in [0.4, 0.5) is 0 Å². The first kappa shape index (κ1) is 10.4. The molecule has 17 heavy (non-hydrogen) atoms. The first-order valence-electron chi connectivity index (χ1n) is 4.70. The van der Waals surface area contributed by atoms with Gasteiger partial charge in [-0.25, -0.2) is 9.67 Å². The summed E-state index contributed by atoms with van der Waals surface area (Å²) in [5.74, 6) is 0. The standard InChI is InChI=1S/C9H6N4O2S2/c14-7-3-6(4-13-9(15)17-5-10-13)11-8-12(7)1-2-16-8/h1-3,5H,4H2. The molecule has 0 spiro atoms. The van der Waals surface area contributed by atoms with Gasteiger partial charge in [0.1, 0.15) is 5.51 Å². The van der Waals surface area contributed by atoms with Gasteiger partial charge in [-0.3, -0.25) is 14.0 Å². The Hall–Kier alpha value is -1.80. The van der Waals surface area contributed by atoms with Gasteiger partial charge in [0, 0.05) is 17.6 Å². The maximum Gasteiger partial charge on any atom is 0.325 e. The van der Waals surface area contributed by atoms with Gasteiger partial charge in [0.2, 0.25) is 0 Å². The van der Waals surface area contributed by atoms with Crippen molar-refractivity contribution in [1.82, 2.24) is 19.2 Å². The van der Waals surface area contributed by atoms with Crippen LogP contribution in [0.25, 0.3) is 4.96 Å². The molecule has 86 valence electrons. The third-order valence-corrected chi connectivity index (χ3v) is 3.59. The van der Waals surface area contributed by atoms with Crippen LogP contribution in [0.2, 0.25) is 0 Å². The van der Waals surface area contributed by atoms with Gasteiger partial charge in [-0.2, -0.15) is 5.10 Å². The van der Waals surface area contributed by atoms with E-state index in [2.05, 4.69) is 10.1 Å². The topological polar surface area (TPSA) is 69.3 Å². The molecule has 3 rings (SSSR count). The zero-order valence-electron chi connectivity index (χ0n) is 8.44. The molecule has 6 nitrogen and oxygen atoms in total. The number of rotatable bonds is 2. The van der Waals surface area contributed by atoms with E-state index < -0.39 is 0 Å². The number of hydrogen-bond donors (Lipinski definition) is 0. The predicted octanol–water partition coefficient (Wildman–Crippen LogP) is 0.422. The van der Waals surface area contributed by atoms with E-state index >= 15 is 0 Å². The summed E-state index contributed by atoms with van der Waals surface area (Å²) in [7, 11) is 0. The van der Waals surface area contributed by atoms with Crippen LogP contribution < -0.4 is 10.4 Å². The van der Waals surface area contributed by atoms with Gasteiger partial charge in [-0.15, -0.1) is 11.3 Å². The maximum atomic E-state index is 11.7. The second-order valence-corrected chi connectivity index (χ2v) is 4.97. The van der Waals surface area contributed by atoms with Crippen molar-refractivity contribution in [3.63, 3.8) is 0 Å². The molecule has 3 aromatic rings. The number of nitrogens with zero attached hydrogens (tertiary/aromatic N) is 4. The largest absolute Gasteiger partial charge is 0.325 e. The average molecular weight is 266 g/mol. The zero-order chi connectivity index (χ0) is 11.8. The molecule has 0 fully saturated rings. The van der Waals surface area contributed by atoms with Gasteiger partial charge in [-0.05, 0) is 0 Å². The van der Waals surface area contributed by atoms with Crippen molar-refractivity contribution in [3.8, 4) is 0 Å². The summed E-state index contributed by atoms with van der Waals surface area (Å²) in [5, 5.41) is 5.68. The van der Waals surface area contributed by atoms with Crippen molar-refractivity contribution in [3.05, 3.63) is 48.9 Å². The van der Waals surface area contributed by atoms with Gasteiger partial charge in [0.15, 0.2) is 4.96 Å². The molecule has 0 atom stereocenters. The zero-order valence-corrected chi connectivity index (χ0v) is 10.1. The summed E-state index contributed by atoms with van der Waals surface area (Å²) in [6.45, 7) is 0.228. The molecule has 0 unspecified atom stereocenters. The molecule has 8 heteroatoms. The molecule has 0 radical (unpaired) electrons. The van der Waals surface area contributed by atoms with Gasteiger partial charge in [0.25, 0.3) is 5.56 Å². The van der Waals surface area contributed by atoms with E-state index in [0.717, 1.165) is 11.3 Å². The Labute approximate surface area is 102 Å². The number of hydrogen-bond acceptors (Lipinski definition) is 6. The smallest absolute Gasteiger partial charge is 0.269 e. The Morgan fingerprint density at radius 3 is 2.94 bits per heavy atom. The molecular formula is C9H6N4O2S2. The lowest BCUT2D eigenvalue weighted by Crippen LogP contribution is -2.19. The number of fused-ring (bicyclic) bond motifs is 1. The molecule has 0 amide bonds. The fourth-order valence-electron chi connectivity index (χ4n) is 1.46. The highest BCUT2D eigenvalue weighted by atomic mass is 32.1. The minimum absolute atomic E-state index is 0.144. The Morgan fingerprint density at radius 1 is 1.29 bits per heavy atom. The molecule has 0 saturated carbocycles. The van der Waals surface area contributed by atoms with Crippen LogP contribution in [-0.4, -0.2) is 19.2 Å². The number of thiazole rings is 1. The monoisotopic (exact) mass is 266 g/mol. The molecule has 0 aliphatic rings. The maximum absolute atomic E-state index is 11.7. The summed E-state index contributed by atoms with van der Waals surface area (Å²) in [5.41, 5.74) is 1.87. The highest BCUT2D eigenvalue weighted by molar-refractivity contribution is 7.15. The molecule has 0 saturated heterocycles. The normalized spacial score (nSPS) is 11.1. The summed E-state index contributed by atoms with van der Waals surface area (Å²) in [6.07, 6.45) is 1.67. The molecule has 0 N–H and O–H groups in total. The predicted molar refractivity (Wildman–Crippen MR) is 64.8 cm³/mol. The third-order valence-electron chi connectivity index (χ3n) is 2.22.